The average Bonchev–Trinajstić information content (AvgIpc) is 3.43. The summed E-state index contributed by atoms with van der Waals surface area (Å²) in [5, 5.41) is 0. The molecule has 14 rings (SSSR count). The van der Waals surface area contributed by atoms with E-state index in [2.05, 4.69) is 146 Å². The average molecular weight is 869 g/mol. The number of hydrogen-bond donors (Lipinski definition) is 0. The van der Waals surface area contributed by atoms with Gasteiger partial charge in [-0.15, -0.1) is 0 Å². The molecule has 0 N–H and O–H groups in total. The fraction of sp³-hybridized carbons (Fsp3) is 0.0323. The van der Waals surface area contributed by atoms with E-state index >= 15 is 0 Å². The van der Waals surface area contributed by atoms with Crippen molar-refractivity contribution in [3.63, 3.8) is 0 Å². The highest BCUT2D eigenvalue weighted by molar-refractivity contribution is 5.77. The van der Waals surface area contributed by atoms with E-state index in [0.29, 0.717) is 34.9 Å². The lowest BCUT2D eigenvalue weighted by atomic mass is 9.61. The molecule has 0 radical (unpaired) electrons. The Labute approximate surface area is 394 Å². The Kier molecular flexibility index (Phi) is 9.53. The minimum absolute atomic E-state index is 0.0255. The van der Waals surface area contributed by atoms with Gasteiger partial charge in [0.1, 0.15) is 0 Å². The van der Waals surface area contributed by atoms with Crippen LogP contribution in [0, 0.1) is 0 Å². The number of rotatable bonds is 8. The van der Waals surface area contributed by atoms with Crippen LogP contribution in [0.3, 0.4) is 0 Å². The van der Waals surface area contributed by atoms with Crippen LogP contribution in [-0.4, -0.2) is 29.9 Å². The largest absolute Gasteiger partial charge is 0.208 e. The SMILES string of the molecule is c1ccc(-c2ccc(-c3ccc(-c4nc(-c5ccccc5)nc(-c5ccc6c(c5)C5c7ccccc7C6c6cc(-c7nc(-c8ccccc8)nc(-c8ccccc8)n7)ccc65)n4)cc3)cc2)cc1. The first-order valence-electron chi connectivity index (χ1n) is 23.0. The van der Waals surface area contributed by atoms with Gasteiger partial charge in [-0.2, -0.15) is 0 Å². The van der Waals surface area contributed by atoms with Crippen molar-refractivity contribution in [1.29, 1.82) is 0 Å². The molecule has 3 aliphatic carbocycles. The van der Waals surface area contributed by atoms with Gasteiger partial charge in [-0.05, 0) is 67.8 Å². The van der Waals surface area contributed by atoms with E-state index in [9.17, 15) is 0 Å². The van der Waals surface area contributed by atoms with E-state index in [0.717, 1.165) is 44.5 Å². The second kappa shape index (κ2) is 16.5. The smallest absolute Gasteiger partial charge is 0.164 e. The van der Waals surface area contributed by atoms with Crippen LogP contribution in [0.4, 0.5) is 0 Å². The van der Waals surface area contributed by atoms with Crippen molar-refractivity contribution in [2.24, 2.45) is 0 Å². The molecular weight excluding hydrogens is 829 g/mol. The summed E-state index contributed by atoms with van der Waals surface area (Å²) < 4.78 is 0. The Bertz CT molecular complexity index is 3600. The summed E-state index contributed by atoms with van der Waals surface area (Å²) in [6, 6.07) is 80.7. The van der Waals surface area contributed by atoms with Crippen molar-refractivity contribution in [1.82, 2.24) is 29.9 Å². The maximum atomic E-state index is 5.21. The molecule has 2 unspecified atom stereocenters. The summed E-state index contributed by atoms with van der Waals surface area (Å²) >= 11 is 0. The summed E-state index contributed by atoms with van der Waals surface area (Å²) in [7, 11) is 0. The molecule has 318 valence electrons. The Morgan fingerprint density at radius 2 is 0.397 bits per heavy atom. The fourth-order valence-corrected chi connectivity index (χ4v) is 10.1. The third kappa shape index (κ3) is 6.98. The van der Waals surface area contributed by atoms with E-state index < -0.39 is 0 Å². The van der Waals surface area contributed by atoms with Crippen LogP contribution in [0.5, 0.6) is 0 Å². The highest BCUT2D eigenvalue weighted by atomic mass is 15.0. The summed E-state index contributed by atoms with van der Waals surface area (Å²) in [5.74, 6) is 3.91. The van der Waals surface area contributed by atoms with Crippen LogP contribution in [0.2, 0.25) is 0 Å². The van der Waals surface area contributed by atoms with Gasteiger partial charge in [0, 0.05) is 45.2 Å². The molecule has 6 nitrogen and oxygen atoms in total. The number of hydrogen-bond acceptors (Lipinski definition) is 6. The zero-order chi connectivity index (χ0) is 45.0. The molecule has 68 heavy (non-hydrogen) atoms. The van der Waals surface area contributed by atoms with Gasteiger partial charge in [0.25, 0.3) is 0 Å². The Balaban J connectivity index is 0.883. The zero-order valence-electron chi connectivity index (χ0n) is 36.8. The van der Waals surface area contributed by atoms with E-state index in [4.69, 9.17) is 29.9 Å². The van der Waals surface area contributed by atoms with E-state index in [1.807, 2.05) is 84.9 Å². The lowest BCUT2D eigenvalue weighted by Gasteiger charge is -2.42. The van der Waals surface area contributed by atoms with Gasteiger partial charge in [-0.25, -0.2) is 29.9 Å². The second-order valence-electron chi connectivity index (χ2n) is 17.4. The normalized spacial score (nSPS) is 14.2. The van der Waals surface area contributed by atoms with Crippen molar-refractivity contribution < 1.29 is 0 Å². The third-order valence-electron chi connectivity index (χ3n) is 13.4. The molecule has 0 amide bonds. The van der Waals surface area contributed by atoms with Crippen LogP contribution in [0.15, 0.2) is 231 Å². The lowest BCUT2D eigenvalue weighted by Crippen LogP contribution is -2.27. The van der Waals surface area contributed by atoms with Crippen LogP contribution in [0.25, 0.3) is 90.6 Å². The van der Waals surface area contributed by atoms with Crippen LogP contribution >= 0.6 is 0 Å². The van der Waals surface area contributed by atoms with Crippen molar-refractivity contribution in [3.8, 4) is 90.6 Å². The fourth-order valence-electron chi connectivity index (χ4n) is 10.1. The van der Waals surface area contributed by atoms with Gasteiger partial charge in [-0.3, -0.25) is 0 Å². The lowest BCUT2D eigenvalue weighted by molar-refractivity contribution is 0.754. The van der Waals surface area contributed by atoms with E-state index in [1.165, 1.54) is 44.5 Å². The molecule has 11 aromatic rings. The Morgan fingerprint density at radius 1 is 0.176 bits per heavy atom. The molecule has 2 aromatic heterocycles. The highest BCUT2D eigenvalue weighted by Gasteiger charge is 2.41. The van der Waals surface area contributed by atoms with Crippen LogP contribution in [0.1, 0.15) is 45.2 Å². The standard InChI is InChI=1S/C62H40N6/c1-5-15-39(16-6-1)40-25-27-41(28-26-40)42-29-31-46(32-30-42)60-64-59(45-21-11-4-12-22-45)67-62(68-60)48-34-36-52-54(38-48)56-50-24-14-13-23-49(50)55(52)53-37-47(33-35-51(53)56)61-65-57(43-17-7-2-8-18-43)63-58(66-61)44-19-9-3-10-20-44/h1-38,55-56H. The van der Waals surface area contributed by atoms with Gasteiger partial charge in [-0.1, -0.05) is 218 Å². The van der Waals surface area contributed by atoms with Crippen molar-refractivity contribution in [2.75, 3.05) is 0 Å². The van der Waals surface area contributed by atoms with Crippen molar-refractivity contribution in [3.05, 3.63) is 264 Å². The maximum absolute atomic E-state index is 5.21. The molecule has 0 saturated heterocycles. The van der Waals surface area contributed by atoms with Crippen molar-refractivity contribution >= 4 is 0 Å². The van der Waals surface area contributed by atoms with Crippen molar-refractivity contribution in [2.45, 2.75) is 11.8 Å². The van der Waals surface area contributed by atoms with Gasteiger partial charge in [0.15, 0.2) is 34.9 Å². The first-order valence-corrected chi connectivity index (χ1v) is 23.0. The molecule has 3 aliphatic rings. The molecule has 2 bridgehead atoms. The van der Waals surface area contributed by atoms with E-state index in [-0.39, 0.29) is 11.8 Å². The minimum atomic E-state index is 0.0255. The van der Waals surface area contributed by atoms with Crippen LogP contribution < -0.4 is 0 Å². The minimum Gasteiger partial charge on any atom is -0.208 e. The predicted octanol–water partition coefficient (Wildman–Crippen LogP) is 14.4. The van der Waals surface area contributed by atoms with Gasteiger partial charge < -0.3 is 0 Å². The number of benzene rings is 9. The monoisotopic (exact) mass is 868 g/mol. The van der Waals surface area contributed by atoms with Gasteiger partial charge >= 0.3 is 0 Å². The molecule has 0 fully saturated rings. The number of nitrogens with zero attached hydrogens (tertiary/aromatic N) is 6. The molecule has 0 aliphatic heterocycles. The third-order valence-corrected chi connectivity index (χ3v) is 13.4. The molecule has 2 heterocycles. The summed E-state index contributed by atoms with van der Waals surface area (Å²) in [6.07, 6.45) is 0. The first kappa shape index (κ1) is 39.4. The zero-order valence-corrected chi connectivity index (χ0v) is 36.8. The van der Waals surface area contributed by atoms with Gasteiger partial charge in [0.05, 0.1) is 0 Å². The molecule has 0 spiro atoms. The maximum Gasteiger partial charge on any atom is 0.164 e. The molecule has 6 heteroatoms. The highest BCUT2D eigenvalue weighted by Crippen LogP contribution is 2.56. The van der Waals surface area contributed by atoms with E-state index in [1.54, 1.807) is 0 Å². The molecule has 2 atom stereocenters. The van der Waals surface area contributed by atoms with Crippen LogP contribution in [-0.2, 0) is 0 Å². The predicted molar refractivity (Wildman–Crippen MR) is 271 cm³/mol. The molecule has 9 aromatic carbocycles. The first-order chi connectivity index (χ1) is 33.7. The summed E-state index contributed by atoms with van der Waals surface area (Å²) in [6.45, 7) is 0. The second-order valence-corrected chi connectivity index (χ2v) is 17.4. The number of aromatic nitrogens is 6. The molecular formula is C62H40N6. The Hall–Kier alpha value is -9.00. The Morgan fingerprint density at radius 3 is 0.735 bits per heavy atom. The van der Waals surface area contributed by atoms with Gasteiger partial charge in [0.2, 0.25) is 0 Å². The quantitative estimate of drug-likeness (QED) is 0.151. The summed E-state index contributed by atoms with van der Waals surface area (Å²) in [4.78, 5) is 30.6. The topological polar surface area (TPSA) is 77.3 Å². The molecule has 0 saturated carbocycles. The summed E-state index contributed by atoms with van der Waals surface area (Å²) in [5.41, 5.74) is 18.2.